The molecule has 17 heteroatoms. The zero-order valence-corrected chi connectivity index (χ0v) is 36.1. The van der Waals surface area contributed by atoms with Crippen molar-refractivity contribution in [2.24, 2.45) is 0 Å². The molecule has 3 aromatic carbocycles. The molecule has 0 radical (unpaired) electrons. The van der Waals surface area contributed by atoms with Crippen LogP contribution in [0.3, 0.4) is 0 Å². The monoisotopic (exact) mass is 879 g/mol. The Morgan fingerprint density at radius 1 is 0.900 bits per heavy atom. The largest absolute Gasteiger partial charge is 0.493 e. The number of methoxy groups -OCH3 is 1. The first-order valence-electron chi connectivity index (χ1n) is 19.7. The van der Waals surface area contributed by atoms with Crippen LogP contribution in [0, 0.1) is 13.9 Å². The summed E-state index contributed by atoms with van der Waals surface area (Å²) in [7, 11) is 4.71. The van der Waals surface area contributed by atoms with Crippen LogP contribution in [0.5, 0.6) is 17.2 Å². The van der Waals surface area contributed by atoms with Gasteiger partial charge < -0.3 is 28.5 Å². The van der Waals surface area contributed by atoms with Crippen molar-refractivity contribution in [3.05, 3.63) is 110 Å². The second kappa shape index (κ2) is 24.2. The van der Waals surface area contributed by atoms with Gasteiger partial charge in [0.15, 0.2) is 11.5 Å². The fourth-order valence-electron chi connectivity index (χ4n) is 6.32. The summed E-state index contributed by atoms with van der Waals surface area (Å²) in [5.74, 6) is -0.339. The van der Waals surface area contributed by atoms with E-state index < -0.39 is 23.1 Å². The molecule has 0 N–H and O–H groups in total. The molecule has 1 aliphatic rings. The fourth-order valence-corrected chi connectivity index (χ4v) is 8.72. The van der Waals surface area contributed by atoms with Crippen LogP contribution in [0.4, 0.5) is 0 Å². The number of piperazine rings is 1. The molecule has 60 heavy (non-hydrogen) atoms. The minimum Gasteiger partial charge on any atom is -0.493 e. The number of carbonyl (C=O) groups is 3. The third-order valence-electron chi connectivity index (χ3n) is 9.50. The van der Waals surface area contributed by atoms with E-state index >= 15 is 0 Å². The van der Waals surface area contributed by atoms with E-state index in [1.54, 1.807) is 63.1 Å². The zero-order chi connectivity index (χ0) is 42.7. The van der Waals surface area contributed by atoms with Gasteiger partial charge in [0.2, 0.25) is 0 Å². The van der Waals surface area contributed by atoms with E-state index in [1.165, 1.54) is 19.3 Å². The molecule has 14 nitrogen and oxygen atoms in total. The van der Waals surface area contributed by atoms with Gasteiger partial charge >= 0.3 is 17.9 Å². The van der Waals surface area contributed by atoms with Crippen LogP contribution < -0.4 is 14.2 Å². The molecular weight excluding hydrogens is 831 g/mol. The molecule has 0 saturated carbocycles. The lowest BCUT2D eigenvalue weighted by Gasteiger charge is -2.34. The predicted molar refractivity (Wildman–Crippen MR) is 232 cm³/mol. The summed E-state index contributed by atoms with van der Waals surface area (Å²) in [6, 6.07) is 21.9. The Hall–Kier alpha value is -5.20. The number of hydrogen-bond donors (Lipinski definition) is 0. The maximum absolute atomic E-state index is 13.7. The van der Waals surface area contributed by atoms with Crippen molar-refractivity contribution in [1.29, 1.82) is 0 Å². The first kappa shape index (κ1) is 45.9. The number of nitrogens with zero attached hydrogens (tertiary/aromatic N) is 3. The van der Waals surface area contributed by atoms with Gasteiger partial charge in [-0.1, -0.05) is 70.5 Å². The van der Waals surface area contributed by atoms with Gasteiger partial charge in [-0.3, -0.25) is 14.6 Å². The molecule has 1 atom stereocenters. The molecule has 5 rings (SSSR count). The van der Waals surface area contributed by atoms with E-state index in [4.69, 9.17) is 35.9 Å². The Labute approximate surface area is 361 Å². The second-order valence-electron chi connectivity index (χ2n) is 13.8. The summed E-state index contributed by atoms with van der Waals surface area (Å²) in [5.41, 5.74) is 2.55. The van der Waals surface area contributed by atoms with E-state index in [9.17, 15) is 24.5 Å². The van der Waals surface area contributed by atoms with Crippen LogP contribution in [-0.4, -0.2) is 99.0 Å². The van der Waals surface area contributed by atoms with Crippen LogP contribution in [0.15, 0.2) is 78.9 Å². The Morgan fingerprint density at radius 3 is 2.37 bits per heavy atom. The first-order valence-corrected chi connectivity index (χ1v) is 22.3. The molecule has 0 amide bonds. The molecule has 320 valence electrons. The Kier molecular flexibility index (Phi) is 18.5. The highest BCUT2D eigenvalue weighted by Gasteiger charge is 2.26. The standard InChI is InChI=1S/C43H49N3O11S3/c1-3-4-11-36(56-41(48)30-45-22-20-44(21-23-45)24-27-53-33-16-14-32(15-17-33)39-29-42(58)60-59-39)34-9-5-6-10-35(34)43(49)57-37-18-12-31(28-38(37)52-2)13-19-40(47)54-25-7-8-26-55-46(50)51/h5-6,9-10,12-19,28-29,36H,3-4,7-8,11,20-27,30H2,1-2H3/b19-13+. The smallest absolute Gasteiger partial charge is 0.344 e. The number of unbranched alkanes of at least 4 members (excludes halogenated alkanes) is 2. The van der Waals surface area contributed by atoms with Crippen molar-refractivity contribution in [2.75, 3.05) is 66.2 Å². The van der Waals surface area contributed by atoms with Crippen molar-refractivity contribution in [3.8, 4) is 27.7 Å². The van der Waals surface area contributed by atoms with Crippen molar-refractivity contribution < 1.29 is 48.0 Å². The Morgan fingerprint density at radius 2 is 1.65 bits per heavy atom. The van der Waals surface area contributed by atoms with Gasteiger partial charge in [0, 0.05) is 49.2 Å². The molecule has 0 spiro atoms. The Balaban J connectivity index is 1.10. The lowest BCUT2D eigenvalue weighted by molar-refractivity contribution is -0.757. The summed E-state index contributed by atoms with van der Waals surface area (Å²) in [5, 5.41) is 9.34. The summed E-state index contributed by atoms with van der Waals surface area (Å²) >= 11 is 5.25. The van der Waals surface area contributed by atoms with Crippen LogP contribution in [0.1, 0.15) is 66.6 Å². The van der Waals surface area contributed by atoms with E-state index in [0.29, 0.717) is 50.1 Å². The SMILES string of the molecule is CCCCC(OC(=O)CN1CCN(CCOc2ccc(-c3cc(=S)ss3)cc2)CC1)c1ccccc1C(=O)Oc1ccc(/C=C/C(=O)OCCCCO[N+](=O)[O-])cc1OC. The van der Waals surface area contributed by atoms with Crippen molar-refractivity contribution in [2.45, 2.75) is 45.1 Å². The number of benzene rings is 3. The van der Waals surface area contributed by atoms with Crippen LogP contribution >= 0.6 is 32.9 Å². The van der Waals surface area contributed by atoms with Gasteiger partial charge in [-0.2, -0.15) is 0 Å². The number of rotatable bonds is 23. The van der Waals surface area contributed by atoms with Crippen LogP contribution in [0.2, 0.25) is 0 Å². The highest BCUT2D eigenvalue weighted by molar-refractivity contribution is 7.80. The molecule has 1 fully saturated rings. The van der Waals surface area contributed by atoms with Gasteiger partial charge in [0.1, 0.15) is 22.3 Å². The molecular formula is C43H49N3O11S3. The van der Waals surface area contributed by atoms with Crippen molar-refractivity contribution in [1.82, 2.24) is 9.80 Å². The van der Waals surface area contributed by atoms with E-state index in [0.717, 1.165) is 52.5 Å². The summed E-state index contributed by atoms with van der Waals surface area (Å²) in [4.78, 5) is 59.2. The predicted octanol–water partition coefficient (Wildman–Crippen LogP) is 8.45. The fraction of sp³-hybridized carbons (Fsp3) is 0.395. The topological polar surface area (TPSA) is 156 Å². The van der Waals surface area contributed by atoms with Gasteiger partial charge in [0.05, 0.1) is 32.4 Å². The van der Waals surface area contributed by atoms with Gasteiger partial charge in [-0.05, 0) is 91.4 Å². The molecule has 1 saturated heterocycles. The van der Waals surface area contributed by atoms with Crippen molar-refractivity contribution >= 4 is 56.9 Å². The van der Waals surface area contributed by atoms with E-state index in [-0.39, 0.29) is 42.8 Å². The average Bonchev–Trinajstić information content (AvgIpc) is 3.69. The minimum absolute atomic E-state index is 0.0705. The normalized spacial score (nSPS) is 13.7. The summed E-state index contributed by atoms with van der Waals surface area (Å²) < 4.78 is 29.4. The van der Waals surface area contributed by atoms with E-state index in [1.807, 2.05) is 18.2 Å². The lowest BCUT2D eigenvalue weighted by Crippen LogP contribution is -2.49. The third-order valence-corrected chi connectivity index (χ3v) is 12.4. The van der Waals surface area contributed by atoms with E-state index in [2.05, 4.69) is 33.7 Å². The molecule has 2 heterocycles. The first-order chi connectivity index (χ1) is 29.1. The number of hydrogen-bond acceptors (Lipinski definition) is 16. The zero-order valence-electron chi connectivity index (χ0n) is 33.6. The Bertz CT molecular complexity index is 2110. The average molecular weight is 880 g/mol. The minimum atomic E-state index is -0.867. The van der Waals surface area contributed by atoms with Gasteiger partial charge in [-0.15, -0.1) is 10.1 Å². The van der Waals surface area contributed by atoms with Crippen LogP contribution in [0.25, 0.3) is 16.5 Å². The number of carbonyl (C=O) groups excluding carboxylic acids is 3. The number of esters is 3. The molecule has 0 bridgehead atoms. The van der Waals surface area contributed by atoms with Crippen molar-refractivity contribution in [3.63, 3.8) is 0 Å². The highest BCUT2D eigenvalue weighted by atomic mass is 32.9. The lowest BCUT2D eigenvalue weighted by atomic mass is 9.98. The molecule has 0 aliphatic carbocycles. The second-order valence-corrected chi connectivity index (χ2v) is 16.7. The molecule has 1 aliphatic heterocycles. The highest BCUT2D eigenvalue weighted by Crippen LogP contribution is 2.33. The summed E-state index contributed by atoms with van der Waals surface area (Å²) in [6.45, 7) is 6.57. The van der Waals surface area contributed by atoms with Gasteiger partial charge in [-0.25, -0.2) is 9.59 Å². The number of ether oxygens (including phenoxy) is 5. The quantitative estimate of drug-likeness (QED) is 0.0102. The molecule has 4 aromatic rings. The summed E-state index contributed by atoms with van der Waals surface area (Å²) in [6.07, 6.45) is 5.09. The maximum atomic E-state index is 13.7. The molecule has 1 unspecified atom stereocenters. The maximum Gasteiger partial charge on any atom is 0.344 e. The van der Waals surface area contributed by atoms with Crippen LogP contribution in [-0.2, 0) is 23.9 Å². The third kappa shape index (κ3) is 14.8. The molecule has 1 aromatic heterocycles. The van der Waals surface area contributed by atoms with Gasteiger partial charge in [0.25, 0.3) is 5.09 Å².